The summed E-state index contributed by atoms with van der Waals surface area (Å²) in [7, 11) is -1.54. The smallest absolute Gasteiger partial charge is 0.215 e. The Kier molecular flexibility index (Phi) is 8.78. The van der Waals surface area contributed by atoms with Gasteiger partial charge in [0.25, 0.3) is 0 Å². The SMILES string of the molecule is CCc1ccccc1CNC(=NC)NCCS(=O)(=O)N(CC)CC. The second-order valence-electron chi connectivity index (χ2n) is 5.38. The lowest BCUT2D eigenvalue weighted by atomic mass is 10.1. The van der Waals surface area contributed by atoms with E-state index in [9.17, 15) is 8.42 Å². The first-order chi connectivity index (χ1) is 11.5. The zero-order valence-corrected chi connectivity index (χ0v) is 16.0. The van der Waals surface area contributed by atoms with Gasteiger partial charge in [-0.05, 0) is 17.5 Å². The molecule has 0 fully saturated rings. The van der Waals surface area contributed by atoms with Gasteiger partial charge in [0.05, 0.1) is 5.75 Å². The van der Waals surface area contributed by atoms with Gasteiger partial charge in [-0.3, -0.25) is 4.99 Å². The lowest BCUT2D eigenvalue weighted by molar-refractivity contribution is 0.445. The molecule has 0 aliphatic heterocycles. The molecule has 0 unspecified atom stereocenters. The lowest BCUT2D eigenvalue weighted by Crippen LogP contribution is -2.42. The maximum absolute atomic E-state index is 12.2. The maximum Gasteiger partial charge on any atom is 0.215 e. The highest BCUT2D eigenvalue weighted by Crippen LogP contribution is 2.08. The van der Waals surface area contributed by atoms with Crippen LogP contribution in [0.5, 0.6) is 0 Å². The first-order valence-corrected chi connectivity index (χ1v) is 10.1. The van der Waals surface area contributed by atoms with Crippen molar-refractivity contribution in [1.82, 2.24) is 14.9 Å². The fraction of sp³-hybridized carbons (Fsp3) is 0.588. The fourth-order valence-corrected chi connectivity index (χ4v) is 3.92. The van der Waals surface area contributed by atoms with Crippen LogP contribution in [0.4, 0.5) is 0 Å². The number of rotatable bonds is 9. The topological polar surface area (TPSA) is 73.8 Å². The third-order valence-electron chi connectivity index (χ3n) is 3.92. The summed E-state index contributed by atoms with van der Waals surface area (Å²) in [6.07, 6.45) is 0.978. The second kappa shape index (κ2) is 10.3. The van der Waals surface area contributed by atoms with Crippen molar-refractivity contribution in [3.05, 3.63) is 35.4 Å². The van der Waals surface area contributed by atoms with Crippen LogP contribution in [0.25, 0.3) is 0 Å². The Labute approximate surface area is 146 Å². The Morgan fingerprint density at radius 3 is 2.25 bits per heavy atom. The van der Waals surface area contributed by atoms with Crippen molar-refractivity contribution < 1.29 is 8.42 Å². The number of hydrogen-bond acceptors (Lipinski definition) is 3. The predicted molar refractivity (Wildman–Crippen MR) is 101 cm³/mol. The van der Waals surface area contributed by atoms with Crippen molar-refractivity contribution >= 4 is 16.0 Å². The van der Waals surface area contributed by atoms with E-state index in [0.717, 1.165) is 6.42 Å². The molecule has 0 saturated heterocycles. The van der Waals surface area contributed by atoms with Crippen LogP contribution in [0.15, 0.2) is 29.3 Å². The van der Waals surface area contributed by atoms with Crippen LogP contribution >= 0.6 is 0 Å². The summed E-state index contributed by atoms with van der Waals surface area (Å²) in [5.74, 6) is 0.664. The second-order valence-corrected chi connectivity index (χ2v) is 7.46. The van der Waals surface area contributed by atoms with E-state index >= 15 is 0 Å². The van der Waals surface area contributed by atoms with E-state index in [1.807, 2.05) is 26.0 Å². The first kappa shape index (κ1) is 20.4. The lowest BCUT2D eigenvalue weighted by Gasteiger charge is -2.19. The number of nitrogens with zero attached hydrogens (tertiary/aromatic N) is 2. The number of hydrogen-bond donors (Lipinski definition) is 2. The summed E-state index contributed by atoms with van der Waals surface area (Å²) in [6, 6.07) is 8.25. The minimum atomic E-state index is -3.22. The van der Waals surface area contributed by atoms with E-state index < -0.39 is 10.0 Å². The largest absolute Gasteiger partial charge is 0.355 e. The molecule has 0 aliphatic rings. The normalized spacial score (nSPS) is 12.5. The van der Waals surface area contributed by atoms with Crippen LogP contribution in [-0.4, -0.2) is 51.1 Å². The molecule has 0 amide bonds. The van der Waals surface area contributed by atoms with Gasteiger partial charge in [-0.15, -0.1) is 0 Å². The van der Waals surface area contributed by atoms with Gasteiger partial charge >= 0.3 is 0 Å². The minimum absolute atomic E-state index is 0.0565. The molecule has 1 aromatic carbocycles. The molecule has 1 rings (SSSR count). The number of benzene rings is 1. The maximum atomic E-state index is 12.2. The summed E-state index contributed by atoms with van der Waals surface area (Å²) in [5.41, 5.74) is 2.52. The van der Waals surface area contributed by atoms with Crippen LogP contribution in [0.1, 0.15) is 31.9 Å². The van der Waals surface area contributed by atoms with Crippen molar-refractivity contribution in [3.8, 4) is 0 Å². The molecule has 0 bridgehead atoms. The van der Waals surface area contributed by atoms with Gasteiger partial charge in [-0.1, -0.05) is 45.0 Å². The van der Waals surface area contributed by atoms with Crippen molar-refractivity contribution in [2.45, 2.75) is 33.7 Å². The molecule has 24 heavy (non-hydrogen) atoms. The van der Waals surface area contributed by atoms with Crippen molar-refractivity contribution in [2.75, 3.05) is 32.4 Å². The van der Waals surface area contributed by atoms with Crippen molar-refractivity contribution in [2.24, 2.45) is 4.99 Å². The van der Waals surface area contributed by atoms with E-state index in [4.69, 9.17) is 0 Å². The molecule has 0 heterocycles. The number of nitrogens with one attached hydrogen (secondary N) is 2. The molecule has 0 saturated carbocycles. The molecular formula is C17H30N4O2S. The molecule has 136 valence electrons. The van der Waals surface area contributed by atoms with E-state index in [1.165, 1.54) is 15.4 Å². The summed E-state index contributed by atoms with van der Waals surface area (Å²) in [6.45, 7) is 7.81. The summed E-state index contributed by atoms with van der Waals surface area (Å²) < 4.78 is 25.8. The van der Waals surface area contributed by atoms with Crippen LogP contribution in [-0.2, 0) is 23.0 Å². The van der Waals surface area contributed by atoms with Crippen LogP contribution < -0.4 is 10.6 Å². The highest BCUT2D eigenvalue weighted by molar-refractivity contribution is 7.89. The van der Waals surface area contributed by atoms with Crippen LogP contribution in [0.2, 0.25) is 0 Å². The summed E-state index contributed by atoms with van der Waals surface area (Å²) >= 11 is 0. The molecule has 0 radical (unpaired) electrons. The van der Waals surface area contributed by atoms with E-state index in [2.05, 4.69) is 34.7 Å². The standard InChI is InChI=1S/C17H30N4O2S/c1-5-15-10-8-9-11-16(15)14-20-17(18-4)19-12-13-24(22,23)21(6-2)7-3/h8-11H,5-7,12-14H2,1-4H3,(H2,18,19,20). The van der Waals surface area contributed by atoms with Gasteiger partial charge < -0.3 is 10.6 Å². The first-order valence-electron chi connectivity index (χ1n) is 8.47. The van der Waals surface area contributed by atoms with E-state index in [0.29, 0.717) is 32.1 Å². The molecule has 0 spiro atoms. The molecule has 0 aromatic heterocycles. The average molecular weight is 355 g/mol. The minimum Gasteiger partial charge on any atom is -0.355 e. The zero-order valence-electron chi connectivity index (χ0n) is 15.2. The highest BCUT2D eigenvalue weighted by Gasteiger charge is 2.18. The number of sulfonamides is 1. The van der Waals surface area contributed by atoms with Gasteiger partial charge in [0.15, 0.2) is 5.96 Å². The van der Waals surface area contributed by atoms with Gasteiger partial charge in [0.2, 0.25) is 10.0 Å². The van der Waals surface area contributed by atoms with Crippen LogP contribution in [0, 0.1) is 0 Å². The Morgan fingerprint density at radius 2 is 1.71 bits per heavy atom. The fourth-order valence-electron chi connectivity index (χ4n) is 2.52. The number of guanidine groups is 1. The van der Waals surface area contributed by atoms with E-state index in [-0.39, 0.29) is 5.75 Å². The Hall–Kier alpha value is -1.60. The quantitative estimate of drug-likeness (QED) is 0.522. The van der Waals surface area contributed by atoms with Crippen molar-refractivity contribution in [3.63, 3.8) is 0 Å². The van der Waals surface area contributed by atoms with Gasteiger partial charge in [-0.25, -0.2) is 12.7 Å². The zero-order chi connectivity index (χ0) is 18.0. The monoisotopic (exact) mass is 354 g/mol. The van der Waals surface area contributed by atoms with Crippen molar-refractivity contribution in [1.29, 1.82) is 0 Å². The Morgan fingerprint density at radius 1 is 1.08 bits per heavy atom. The van der Waals surface area contributed by atoms with Gasteiger partial charge in [0, 0.05) is 33.2 Å². The molecule has 0 atom stereocenters. The van der Waals surface area contributed by atoms with Gasteiger partial charge in [0.1, 0.15) is 0 Å². The molecule has 0 aliphatic carbocycles. The molecule has 6 nitrogen and oxygen atoms in total. The summed E-state index contributed by atoms with van der Waals surface area (Å²) in [5, 5.41) is 6.30. The average Bonchev–Trinajstić information content (AvgIpc) is 2.58. The third-order valence-corrected chi connectivity index (χ3v) is 5.94. The summed E-state index contributed by atoms with van der Waals surface area (Å²) in [4.78, 5) is 4.15. The van der Waals surface area contributed by atoms with Crippen LogP contribution in [0.3, 0.4) is 0 Å². The van der Waals surface area contributed by atoms with Gasteiger partial charge in [-0.2, -0.15) is 0 Å². The highest BCUT2D eigenvalue weighted by atomic mass is 32.2. The third kappa shape index (κ3) is 6.13. The Balaban J connectivity index is 2.52. The molecule has 1 aromatic rings. The molecular weight excluding hydrogens is 324 g/mol. The molecule has 7 heteroatoms. The number of aryl methyl sites for hydroxylation is 1. The Bertz CT molecular complexity index is 625. The number of aliphatic imine (C=N–C) groups is 1. The van der Waals surface area contributed by atoms with E-state index in [1.54, 1.807) is 7.05 Å². The predicted octanol–water partition coefficient (Wildman–Crippen LogP) is 1.59. The molecule has 2 N–H and O–H groups in total.